The van der Waals surface area contributed by atoms with Gasteiger partial charge in [-0.2, -0.15) is 0 Å². The summed E-state index contributed by atoms with van der Waals surface area (Å²) in [7, 11) is 0. The second-order valence-corrected chi connectivity index (χ2v) is 5.47. The number of carbonyl (C=O) groups is 1. The van der Waals surface area contributed by atoms with Crippen molar-refractivity contribution in [2.45, 2.75) is 50.8 Å². The third kappa shape index (κ3) is 2.62. The Morgan fingerprint density at radius 2 is 2.00 bits per heavy atom. The number of hydrogen-bond acceptors (Lipinski definition) is 5. The van der Waals surface area contributed by atoms with E-state index in [1.165, 1.54) is 0 Å². The molecule has 2 fully saturated rings. The van der Waals surface area contributed by atoms with Crippen molar-refractivity contribution < 1.29 is 23.7 Å². The van der Waals surface area contributed by atoms with Gasteiger partial charge in [-0.15, -0.1) is 0 Å². The molecule has 0 bridgehead atoms. The van der Waals surface area contributed by atoms with Crippen LogP contribution in [0.1, 0.15) is 19.4 Å². The van der Waals surface area contributed by atoms with E-state index >= 15 is 0 Å². The van der Waals surface area contributed by atoms with Crippen molar-refractivity contribution in [3.05, 3.63) is 35.9 Å². The smallest absolute Gasteiger partial charge is 0.190 e. The van der Waals surface area contributed by atoms with Crippen LogP contribution in [-0.4, -0.2) is 36.7 Å². The third-order valence-corrected chi connectivity index (χ3v) is 3.45. The Kier molecular flexibility index (Phi) is 3.60. The first-order chi connectivity index (χ1) is 9.59. The predicted molar refractivity (Wildman–Crippen MR) is 69.8 cm³/mol. The second-order valence-electron chi connectivity index (χ2n) is 5.47. The van der Waals surface area contributed by atoms with Crippen molar-refractivity contribution in [2.24, 2.45) is 0 Å². The topological polar surface area (TPSA) is 54.0 Å². The fourth-order valence-corrected chi connectivity index (χ4v) is 2.57. The van der Waals surface area contributed by atoms with E-state index in [9.17, 15) is 4.79 Å². The molecule has 0 radical (unpaired) electrons. The Morgan fingerprint density at radius 1 is 1.25 bits per heavy atom. The molecular formula is C15H18O5. The molecule has 5 nitrogen and oxygen atoms in total. The molecule has 2 aliphatic rings. The zero-order valence-electron chi connectivity index (χ0n) is 11.5. The number of carbonyl (C=O) groups excluding carboxylic acids is 1. The summed E-state index contributed by atoms with van der Waals surface area (Å²) in [5.41, 5.74) is 1.04. The number of fused-ring (bicyclic) bond motifs is 1. The highest BCUT2D eigenvalue weighted by Gasteiger charge is 2.55. The molecule has 4 atom stereocenters. The lowest BCUT2D eigenvalue weighted by molar-refractivity contribution is -0.216. The van der Waals surface area contributed by atoms with Crippen LogP contribution in [-0.2, 0) is 30.3 Å². The van der Waals surface area contributed by atoms with Crippen molar-refractivity contribution in [1.82, 2.24) is 0 Å². The van der Waals surface area contributed by atoms with Crippen LogP contribution in [0.2, 0.25) is 0 Å². The van der Waals surface area contributed by atoms with Crippen LogP contribution in [0, 0.1) is 0 Å². The molecule has 1 aromatic carbocycles. The lowest BCUT2D eigenvalue weighted by atomic mass is 10.1. The van der Waals surface area contributed by atoms with E-state index in [1.807, 2.05) is 44.2 Å². The summed E-state index contributed by atoms with van der Waals surface area (Å²) >= 11 is 0. The van der Waals surface area contributed by atoms with Crippen molar-refractivity contribution in [1.29, 1.82) is 0 Å². The van der Waals surface area contributed by atoms with E-state index in [0.717, 1.165) is 11.8 Å². The summed E-state index contributed by atoms with van der Waals surface area (Å²) in [6.07, 6.45) is -1.26. The minimum absolute atomic E-state index is 0.371. The van der Waals surface area contributed by atoms with E-state index in [-0.39, 0.29) is 6.10 Å². The van der Waals surface area contributed by atoms with Gasteiger partial charge in [0, 0.05) is 0 Å². The highest BCUT2D eigenvalue weighted by atomic mass is 16.8. The van der Waals surface area contributed by atoms with Crippen molar-refractivity contribution >= 4 is 6.29 Å². The molecular weight excluding hydrogens is 260 g/mol. The summed E-state index contributed by atoms with van der Waals surface area (Å²) in [5.74, 6) is -0.711. The van der Waals surface area contributed by atoms with Gasteiger partial charge in [0.1, 0.15) is 18.3 Å². The van der Waals surface area contributed by atoms with Gasteiger partial charge < -0.3 is 23.7 Å². The third-order valence-electron chi connectivity index (χ3n) is 3.45. The van der Waals surface area contributed by atoms with Crippen LogP contribution in [0.3, 0.4) is 0 Å². The van der Waals surface area contributed by atoms with Gasteiger partial charge in [-0.3, -0.25) is 0 Å². The molecule has 0 aliphatic carbocycles. The first-order valence-electron chi connectivity index (χ1n) is 6.71. The molecule has 3 rings (SSSR count). The summed E-state index contributed by atoms with van der Waals surface area (Å²) in [6.45, 7) is 4.05. The van der Waals surface area contributed by atoms with Crippen molar-refractivity contribution in [2.75, 3.05) is 0 Å². The first-order valence-corrected chi connectivity index (χ1v) is 6.71. The van der Waals surface area contributed by atoms with Crippen LogP contribution in [0.5, 0.6) is 0 Å². The minimum Gasteiger partial charge on any atom is -0.367 e. The Labute approximate surface area is 117 Å². The molecule has 0 spiro atoms. The fraction of sp³-hybridized carbons (Fsp3) is 0.533. The van der Waals surface area contributed by atoms with E-state index in [4.69, 9.17) is 18.9 Å². The van der Waals surface area contributed by atoms with Gasteiger partial charge in [-0.25, -0.2) is 0 Å². The van der Waals surface area contributed by atoms with Crippen LogP contribution in [0.25, 0.3) is 0 Å². The maximum absolute atomic E-state index is 11.1. The van der Waals surface area contributed by atoms with Crippen LogP contribution in [0.15, 0.2) is 30.3 Å². The zero-order valence-corrected chi connectivity index (χ0v) is 11.5. The summed E-state index contributed by atoms with van der Waals surface area (Å²) in [4.78, 5) is 11.1. The normalized spacial score (nSPS) is 34.9. The number of ether oxygens (including phenoxy) is 4. The molecule has 0 unspecified atom stereocenters. The van der Waals surface area contributed by atoms with Crippen molar-refractivity contribution in [3.8, 4) is 0 Å². The van der Waals surface area contributed by atoms with Crippen LogP contribution in [0.4, 0.5) is 0 Å². The average molecular weight is 278 g/mol. The van der Waals surface area contributed by atoms with E-state index in [0.29, 0.717) is 6.61 Å². The zero-order chi connectivity index (χ0) is 14.2. The van der Waals surface area contributed by atoms with Crippen LogP contribution >= 0.6 is 0 Å². The Hall–Kier alpha value is -1.27. The van der Waals surface area contributed by atoms with Gasteiger partial charge in [0.25, 0.3) is 0 Å². The minimum atomic E-state index is -0.711. The largest absolute Gasteiger partial charge is 0.367 e. The molecule has 2 aliphatic heterocycles. The van der Waals surface area contributed by atoms with Gasteiger partial charge in [0.05, 0.1) is 6.61 Å². The summed E-state index contributed by atoms with van der Waals surface area (Å²) in [6, 6.07) is 9.78. The number of aldehydes is 1. The van der Waals surface area contributed by atoms with Crippen LogP contribution < -0.4 is 0 Å². The van der Waals surface area contributed by atoms with Crippen molar-refractivity contribution in [3.63, 3.8) is 0 Å². The van der Waals surface area contributed by atoms with E-state index in [1.54, 1.807) is 0 Å². The molecule has 0 aromatic heterocycles. The van der Waals surface area contributed by atoms with E-state index in [2.05, 4.69) is 0 Å². The second kappa shape index (κ2) is 5.26. The Bertz CT molecular complexity index is 472. The lowest BCUT2D eigenvalue weighted by Gasteiger charge is -2.23. The highest BCUT2D eigenvalue weighted by molar-refractivity contribution is 5.58. The molecule has 2 heterocycles. The Morgan fingerprint density at radius 3 is 2.70 bits per heavy atom. The maximum Gasteiger partial charge on any atom is 0.190 e. The molecule has 5 heteroatoms. The number of rotatable bonds is 4. The first kappa shape index (κ1) is 13.7. The van der Waals surface area contributed by atoms with Gasteiger partial charge in [-0.05, 0) is 19.4 Å². The summed E-state index contributed by atoms with van der Waals surface area (Å²) < 4.78 is 22.7. The standard InChI is InChI=1S/C15H18O5/c1-15(2)19-13-12(11(8-16)18-14(13)20-15)17-9-10-6-4-3-5-7-10/h3-8,11-14H,9H2,1-2H3/t11-,12+,13-,14-/m1/s1. The quantitative estimate of drug-likeness (QED) is 0.784. The SMILES string of the molecule is CC1(C)O[C@H]2O[C@H](C=O)[C@H](OCc3ccccc3)[C@H]2O1. The van der Waals surface area contributed by atoms with Gasteiger partial charge in [0.15, 0.2) is 18.4 Å². The molecule has 20 heavy (non-hydrogen) atoms. The van der Waals surface area contributed by atoms with Gasteiger partial charge in [-0.1, -0.05) is 30.3 Å². The lowest BCUT2D eigenvalue weighted by Crippen LogP contribution is -2.37. The average Bonchev–Trinajstić information content (AvgIpc) is 2.89. The molecule has 1 aromatic rings. The molecule has 108 valence electrons. The maximum atomic E-state index is 11.1. The van der Waals surface area contributed by atoms with Gasteiger partial charge in [0.2, 0.25) is 0 Å². The molecule has 2 saturated heterocycles. The summed E-state index contributed by atoms with van der Waals surface area (Å²) in [5, 5.41) is 0. The molecule has 0 saturated carbocycles. The number of hydrogen-bond donors (Lipinski definition) is 0. The Balaban J connectivity index is 1.68. The molecule has 0 amide bonds. The van der Waals surface area contributed by atoms with Gasteiger partial charge >= 0.3 is 0 Å². The highest BCUT2D eigenvalue weighted by Crippen LogP contribution is 2.38. The monoisotopic (exact) mass is 278 g/mol. The predicted octanol–water partition coefficient (Wildman–Crippen LogP) is 1.65. The fourth-order valence-electron chi connectivity index (χ4n) is 2.57. The number of benzene rings is 1. The van der Waals surface area contributed by atoms with E-state index < -0.39 is 24.3 Å². The molecule has 0 N–H and O–H groups in total.